The Morgan fingerprint density at radius 3 is 0.732 bits per heavy atom. The third-order valence-corrected chi connectivity index (χ3v) is 16.8. The highest BCUT2D eigenvalue weighted by Gasteiger charge is 2.19. The van der Waals surface area contributed by atoms with Crippen molar-refractivity contribution in [1.82, 2.24) is 0 Å². The van der Waals surface area contributed by atoms with Crippen LogP contribution in [0, 0.1) is 0 Å². The lowest BCUT2D eigenvalue weighted by Gasteiger charge is -2.18. The molecular weight excluding hydrogens is 1010 g/mol. The zero-order valence-electron chi connectivity index (χ0n) is 55.5. The number of esters is 3. The van der Waals surface area contributed by atoms with Crippen molar-refractivity contribution in [1.29, 1.82) is 0 Å². The maximum absolute atomic E-state index is 12.9. The number of hydrogen-bond acceptors (Lipinski definition) is 6. The topological polar surface area (TPSA) is 78.9 Å². The molecule has 82 heavy (non-hydrogen) atoms. The van der Waals surface area contributed by atoms with Crippen molar-refractivity contribution in [2.75, 3.05) is 13.2 Å². The molecule has 6 heteroatoms. The summed E-state index contributed by atoms with van der Waals surface area (Å²) in [6.07, 6.45) is 89.2. The normalized spacial score (nSPS) is 12.2. The number of rotatable bonds is 69. The molecule has 6 nitrogen and oxygen atoms in total. The van der Waals surface area contributed by atoms with Gasteiger partial charge in [0, 0.05) is 19.3 Å². The van der Waals surface area contributed by atoms with Gasteiger partial charge in [0.25, 0.3) is 0 Å². The summed E-state index contributed by atoms with van der Waals surface area (Å²) >= 11 is 0. The van der Waals surface area contributed by atoms with Crippen LogP contribution in [-0.2, 0) is 28.6 Å². The molecule has 0 spiro atoms. The molecule has 0 aliphatic carbocycles. The molecule has 0 radical (unpaired) electrons. The summed E-state index contributed by atoms with van der Waals surface area (Å²) in [6, 6.07) is 0. The van der Waals surface area contributed by atoms with E-state index in [1.165, 1.54) is 289 Å². The second kappa shape index (κ2) is 71.1. The second-order valence-corrected chi connectivity index (χ2v) is 25.2. The van der Waals surface area contributed by atoms with E-state index in [0.717, 1.165) is 83.5 Å². The first-order valence-electron chi connectivity index (χ1n) is 37.0. The van der Waals surface area contributed by atoms with Crippen LogP contribution in [0.4, 0.5) is 0 Å². The molecule has 0 aromatic rings. The Morgan fingerprint density at radius 1 is 0.244 bits per heavy atom. The van der Waals surface area contributed by atoms with Gasteiger partial charge in [0.15, 0.2) is 6.10 Å². The van der Waals surface area contributed by atoms with Crippen molar-refractivity contribution >= 4 is 17.9 Å². The van der Waals surface area contributed by atoms with Crippen LogP contribution in [0.25, 0.3) is 0 Å². The molecule has 0 aromatic heterocycles. The van der Waals surface area contributed by atoms with E-state index in [1.54, 1.807) is 0 Å². The van der Waals surface area contributed by atoms with Crippen LogP contribution in [0.15, 0.2) is 36.5 Å². The molecule has 0 fully saturated rings. The van der Waals surface area contributed by atoms with Crippen LogP contribution in [0.1, 0.15) is 412 Å². The number of carbonyl (C=O) groups is 3. The number of hydrogen-bond donors (Lipinski definition) is 0. The molecule has 1 atom stereocenters. The van der Waals surface area contributed by atoms with E-state index in [4.69, 9.17) is 14.2 Å². The van der Waals surface area contributed by atoms with Gasteiger partial charge < -0.3 is 14.2 Å². The third kappa shape index (κ3) is 68.4. The molecule has 0 aliphatic heterocycles. The van der Waals surface area contributed by atoms with Crippen LogP contribution in [0.3, 0.4) is 0 Å². The van der Waals surface area contributed by atoms with Crippen LogP contribution in [-0.4, -0.2) is 37.2 Å². The summed E-state index contributed by atoms with van der Waals surface area (Å²) in [4.78, 5) is 38.4. The monoisotopic (exact) mass is 1150 g/mol. The van der Waals surface area contributed by atoms with E-state index in [2.05, 4.69) is 57.2 Å². The largest absolute Gasteiger partial charge is 0.462 e. The molecule has 0 rings (SSSR count). The number of allylic oxidation sites excluding steroid dienone is 6. The summed E-state index contributed by atoms with van der Waals surface area (Å²) < 4.78 is 17.0. The Kier molecular flexibility index (Phi) is 69.1. The first-order valence-corrected chi connectivity index (χ1v) is 37.0. The molecular formula is C76H142O6. The average molecular weight is 1150 g/mol. The number of unbranched alkanes of at least 4 members (excludes halogenated alkanes) is 52. The minimum atomic E-state index is -0.775. The first kappa shape index (κ1) is 79.6. The summed E-state index contributed by atoms with van der Waals surface area (Å²) in [5.74, 6) is -0.855. The fraction of sp³-hybridized carbons (Fsp3) is 0.882. The van der Waals surface area contributed by atoms with Gasteiger partial charge in [-0.3, -0.25) is 14.4 Å². The predicted molar refractivity (Wildman–Crippen MR) is 358 cm³/mol. The van der Waals surface area contributed by atoms with E-state index in [0.29, 0.717) is 19.3 Å². The van der Waals surface area contributed by atoms with Gasteiger partial charge in [-0.25, -0.2) is 0 Å². The molecule has 1 unspecified atom stereocenters. The number of ether oxygens (including phenoxy) is 3. The van der Waals surface area contributed by atoms with E-state index >= 15 is 0 Å². The van der Waals surface area contributed by atoms with Crippen molar-refractivity contribution in [3.63, 3.8) is 0 Å². The van der Waals surface area contributed by atoms with E-state index < -0.39 is 6.10 Å². The van der Waals surface area contributed by atoms with E-state index in [-0.39, 0.29) is 31.1 Å². The van der Waals surface area contributed by atoms with Gasteiger partial charge in [-0.15, -0.1) is 0 Å². The molecule has 0 heterocycles. The Bertz CT molecular complexity index is 1370. The predicted octanol–water partition coefficient (Wildman–Crippen LogP) is 25.5. The fourth-order valence-corrected chi connectivity index (χ4v) is 11.3. The highest BCUT2D eigenvalue weighted by molar-refractivity contribution is 5.71. The quantitative estimate of drug-likeness (QED) is 0.0261. The molecule has 0 saturated heterocycles. The van der Waals surface area contributed by atoms with Crippen LogP contribution in [0.2, 0.25) is 0 Å². The highest BCUT2D eigenvalue weighted by Crippen LogP contribution is 2.19. The lowest BCUT2D eigenvalue weighted by atomic mass is 10.0. The summed E-state index contributed by atoms with van der Waals surface area (Å²) in [7, 11) is 0. The van der Waals surface area contributed by atoms with Gasteiger partial charge in [-0.1, -0.05) is 359 Å². The van der Waals surface area contributed by atoms with Crippen molar-refractivity contribution in [2.24, 2.45) is 0 Å². The van der Waals surface area contributed by atoms with Gasteiger partial charge in [0.2, 0.25) is 0 Å². The van der Waals surface area contributed by atoms with Crippen molar-refractivity contribution in [2.45, 2.75) is 419 Å². The van der Waals surface area contributed by atoms with Gasteiger partial charge >= 0.3 is 17.9 Å². The van der Waals surface area contributed by atoms with Crippen LogP contribution < -0.4 is 0 Å². The Hall–Kier alpha value is -2.37. The van der Waals surface area contributed by atoms with Crippen LogP contribution in [0.5, 0.6) is 0 Å². The molecule has 0 amide bonds. The van der Waals surface area contributed by atoms with Gasteiger partial charge in [-0.05, 0) is 70.6 Å². The summed E-state index contributed by atoms with van der Waals surface area (Å²) in [5, 5.41) is 0. The molecule has 0 aliphatic rings. The first-order chi connectivity index (χ1) is 40.5. The van der Waals surface area contributed by atoms with Gasteiger partial charge in [0.05, 0.1) is 0 Å². The third-order valence-electron chi connectivity index (χ3n) is 16.8. The molecule has 0 N–H and O–H groups in total. The average Bonchev–Trinajstić information content (AvgIpc) is 3.47. The molecule has 0 saturated carbocycles. The van der Waals surface area contributed by atoms with E-state index in [9.17, 15) is 14.4 Å². The summed E-state index contributed by atoms with van der Waals surface area (Å²) in [5.41, 5.74) is 0. The zero-order chi connectivity index (χ0) is 59.2. The SMILES string of the molecule is CCC/C=C\C/C=C\CCCCCCCC(=O)OCC(COC(=O)CCCCCCCCCCCCCCCCCCCCCCC/C=C\CCCCCCCCCC)OC(=O)CCCCCCCCCCCCCCCCCCCC. The van der Waals surface area contributed by atoms with Crippen molar-refractivity contribution in [3.05, 3.63) is 36.5 Å². The lowest BCUT2D eigenvalue weighted by molar-refractivity contribution is -0.167. The maximum Gasteiger partial charge on any atom is 0.306 e. The van der Waals surface area contributed by atoms with Gasteiger partial charge in [0.1, 0.15) is 13.2 Å². The Balaban J connectivity index is 4.10. The highest BCUT2D eigenvalue weighted by atomic mass is 16.6. The standard InChI is InChI=1S/C76H142O6/c1-4-7-10-13-16-19-22-25-27-29-31-32-33-34-35-36-37-38-39-40-41-42-43-44-45-47-48-51-54-57-60-63-66-69-75(78)81-72-73(71-80-74(77)68-65-62-59-56-53-50-24-21-18-15-12-9-6-3)82-76(79)70-67-64-61-58-55-52-49-46-30-28-26-23-20-17-14-11-8-5-2/h12,15,21,24,29,31,73H,4-11,13-14,16-20,22-23,25-28,30,32-72H2,1-3H3/b15-12-,24-21-,31-29-. The van der Waals surface area contributed by atoms with E-state index in [1.807, 2.05) is 0 Å². The molecule has 482 valence electrons. The fourth-order valence-electron chi connectivity index (χ4n) is 11.3. The minimum absolute atomic E-state index is 0.0707. The van der Waals surface area contributed by atoms with Gasteiger partial charge in [-0.2, -0.15) is 0 Å². The molecule has 0 bridgehead atoms. The number of carbonyl (C=O) groups excluding carboxylic acids is 3. The lowest BCUT2D eigenvalue weighted by Crippen LogP contribution is -2.30. The maximum atomic E-state index is 12.9. The summed E-state index contributed by atoms with van der Waals surface area (Å²) in [6.45, 7) is 6.64. The zero-order valence-corrected chi connectivity index (χ0v) is 55.5. The minimum Gasteiger partial charge on any atom is -0.462 e. The van der Waals surface area contributed by atoms with Crippen molar-refractivity contribution in [3.8, 4) is 0 Å². The Morgan fingerprint density at radius 2 is 0.463 bits per heavy atom. The molecule has 0 aromatic carbocycles. The van der Waals surface area contributed by atoms with Crippen LogP contribution >= 0.6 is 0 Å². The second-order valence-electron chi connectivity index (χ2n) is 25.2. The van der Waals surface area contributed by atoms with Crippen molar-refractivity contribution < 1.29 is 28.6 Å². The Labute approximate surface area is 512 Å². The smallest absolute Gasteiger partial charge is 0.306 e.